The number of hydrogen-bond donors (Lipinski definition) is 1. The van der Waals surface area contributed by atoms with Crippen LogP contribution >= 0.6 is 11.8 Å². The van der Waals surface area contributed by atoms with Crippen LogP contribution in [0.5, 0.6) is 0 Å². The molecule has 1 atom stereocenters. The highest BCUT2D eigenvalue weighted by Gasteiger charge is 2.29. The van der Waals surface area contributed by atoms with Crippen molar-refractivity contribution in [2.45, 2.75) is 39.8 Å². The summed E-state index contributed by atoms with van der Waals surface area (Å²) in [5.74, 6) is 0.666. The maximum atomic E-state index is 10.6. The second kappa shape index (κ2) is 9.83. The Kier molecular flexibility index (Phi) is 9.81. The molecule has 0 rings (SSSR count). The Morgan fingerprint density at radius 2 is 1.89 bits per heavy atom. The Morgan fingerprint density at radius 3 is 2.33 bits per heavy atom. The van der Waals surface area contributed by atoms with E-state index in [2.05, 4.69) is 6.55 Å². The molecule has 18 heavy (non-hydrogen) atoms. The predicted octanol–water partition coefficient (Wildman–Crippen LogP) is 2.98. The molecule has 0 spiro atoms. The summed E-state index contributed by atoms with van der Waals surface area (Å²) in [6.07, 6.45) is 1.03. The minimum absolute atomic E-state index is 0.266. The zero-order valence-electron chi connectivity index (χ0n) is 11.9. The van der Waals surface area contributed by atoms with Gasteiger partial charge in [0.05, 0.1) is 5.92 Å². The fourth-order valence-corrected chi connectivity index (χ4v) is 5.30. The van der Waals surface area contributed by atoms with Crippen molar-refractivity contribution in [3.63, 3.8) is 0 Å². The summed E-state index contributed by atoms with van der Waals surface area (Å²) in [5.41, 5.74) is 0. The van der Waals surface area contributed by atoms with Gasteiger partial charge in [0.2, 0.25) is 0 Å². The fourth-order valence-electron chi connectivity index (χ4n) is 1.62. The Labute approximate surface area is 116 Å². The summed E-state index contributed by atoms with van der Waals surface area (Å²) in [4.78, 5) is 10.6. The molecule has 0 aliphatic rings. The van der Waals surface area contributed by atoms with Gasteiger partial charge in [0, 0.05) is 19.0 Å². The van der Waals surface area contributed by atoms with Crippen LogP contribution < -0.4 is 0 Å². The van der Waals surface area contributed by atoms with E-state index in [-0.39, 0.29) is 5.92 Å². The minimum atomic E-state index is -1.98. The van der Waals surface area contributed by atoms with E-state index in [1.807, 2.05) is 13.8 Å². The molecule has 0 bridgehead atoms. The van der Waals surface area contributed by atoms with Gasteiger partial charge in [-0.25, -0.2) is 0 Å². The molecule has 0 amide bonds. The first-order valence-electron chi connectivity index (χ1n) is 6.53. The second-order valence-corrected chi connectivity index (χ2v) is 8.91. The molecule has 0 radical (unpaired) electrons. The third-order valence-electron chi connectivity index (χ3n) is 2.61. The lowest BCUT2D eigenvalue weighted by Gasteiger charge is -2.25. The molecule has 0 saturated carbocycles. The normalized spacial score (nSPS) is 13.6. The monoisotopic (exact) mass is 294 g/mol. The molecule has 0 aromatic carbocycles. The number of carboxylic acids is 1. The van der Waals surface area contributed by atoms with Crippen molar-refractivity contribution >= 4 is 26.3 Å². The van der Waals surface area contributed by atoms with Crippen molar-refractivity contribution in [2.75, 3.05) is 24.7 Å². The smallest absolute Gasteiger partial charge is 0.334 e. The Bertz CT molecular complexity index is 232. The molecule has 4 nitrogen and oxygen atoms in total. The number of hydrogen-bond acceptors (Lipinski definition) is 4. The molecule has 0 saturated heterocycles. The van der Waals surface area contributed by atoms with Gasteiger partial charge in [0.25, 0.3) is 0 Å². The fraction of sp³-hybridized carbons (Fsp3) is 0.917. The van der Waals surface area contributed by atoms with Crippen LogP contribution in [0.2, 0.25) is 12.6 Å². The molecule has 0 aliphatic heterocycles. The minimum Gasteiger partial charge on any atom is -0.481 e. The maximum Gasteiger partial charge on any atom is 0.334 e. The van der Waals surface area contributed by atoms with Crippen LogP contribution in [0.15, 0.2) is 0 Å². The van der Waals surface area contributed by atoms with Crippen LogP contribution in [0, 0.1) is 5.92 Å². The van der Waals surface area contributed by atoms with E-state index in [1.165, 1.54) is 0 Å². The maximum absolute atomic E-state index is 10.6. The van der Waals surface area contributed by atoms with Gasteiger partial charge in [-0.3, -0.25) is 4.79 Å². The van der Waals surface area contributed by atoms with Crippen LogP contribution in [0.1, 0.15) is 27.2 Å². The number of aliphatic carboxylic acids is 1. The first kappa shape index (κ1) is 18.0. The largest absolute Gasteiger partial charge is 0.481 e. The summed E-state index contributed by atoms with van der Waals surface area (Å²) in [6.45, 7) is 9.23. The van der Waals surface area contributed by atoms with E-state index in [4.69, 9.17) is 14.0 Å². The van der Waals surface area contributed by atoms with E-state index < -0.39 is 14.5 Å². The number of thioether (sulfide) groups is 1. The van der Waals surface area contributed by atoms with Crippen LogP contribution in [0.4, 0.5) is 0 Å². The summed E-state index contributed by atoms with van der Waals surface area (Å²) in [5, 5.41) is 8.76. The topological polar surface area (TPSA) is 55.8 Å². The Morgan fingerprint density at radius 1 is 1.33 bits per heavy atom. The van der Waals surface area contributed by atoms with Crippen LogP contribution in [-0.4, -0.2) is 44.4 Å². The highest BCUT2D eigenvalue weighted by Crippen LogP contribution is 2.19. The number of rotatable bonds is 11. The molecule has 0 aromatic rings. The first-order chi connectivity index (χ1) is 8.45. The SMILES string of the molecule is CCO[Si](C)(CCCSCC(C)C(=O)O)OCC. The predicted molar refractivity (Wildman–Crippen MR) is 78.4 cm³/mol. The standard InChI is InChI=1S/C12H26O4SSi/c1-5-15-18(4,16-6-2)9-7-8-17-10-11(3)12(13)14/h11H,5-10H2,1-4H3,(H,13,14). The van der Waals surface area contributed by atoms with Gasteiger partial charge in [0.15, 0.2) is 0 Å². The zero-order chi connectivity index (χ0) is 14.0. The number of carbonyl (C=O) groups is 1. The Hall–Kier alpha value is -0.0431. The molecular formula is C12H26O4SSi. The first-order valence-corrected chi connectivity index (χ1v) is 10.2. The van der Waals surface area contributed by atoms with E-state index >= 15 is 0 Å². The van der Waals surface area contributed by atoms with Crippen molar-refractivity contribution in [1.82, 2.24) is 0 Å². The third kappa shape index (κ3) is 8.13. The molecule has 108 valence electrons. The van der Waals surface area contributed by atoms with Crippen molar-refractivity contribution in [3.05, 3.63) is 0 Å². The van der Waals surface area contributed by atoms with Crippen LogP contribution in [0.3, 0.4) is 0 Å². The number of carboxylic acid groups (broad SMARTS) is 1. The van der Waals surface area contributed by atoms with Crippen LogP contribution in [0.25, 0.3) is 0 Å². The summed E-state index contributed by atoms with van der Waals surface area (Å²) in [7, 11) is -1.98. The summed E-state index contributed by atoms with van der Waals surface area (Å²) < 4.78 is 11.5. The average molecular weight is 294 g/mol. The molecule has 0 aromatic heterocycles. The lowest BCUT2D eigenvalue weighted by Crippen LogP contribution is -2.38. The van der Waals surface area contributed by atoms with Crippen LogP contribution in [-0.2, 0) is 13.6 Å². The van der Waals surface area contributed by atoms with Gasteiger partial charge < -0.3 is 14.0 Å². The summed E-state index contributed by atoms with van der Waals surface area (Å²) in [6, 6.07) is 0.975. The van der Waals surface area contributed by atoms with E-state index in [9.17, 15) is 4.79 Å². The van der Waals surface area contributed by atoms with Gasteiger partial charge in [-0.2, -0.15) is 11.8 Å². The molecule has 0 aliphatic carbocycles. The third-order valence-corrected chi connectivity index (χ3v) is 6.98. The van der Waals surface area contributed by atoms with Crippen molar-refractivity contribution in [2.24, 2.45) is 5.92 Å². The van der Waals surface area contributed by atoms with Gasteiger partial charge in [0.1, 0.15) is 0 Å². The average Bonchev–Trinajstić information content (AvgIpc) is 2.28. The van der Waals surface area contributed by atoms with Gasteiger partial charge in [-0.05, 0) is 38.6 Å². The molecule has 0 heterocycles. The van der Waals surface area contributed by atoms with E-state index in [0.717, 1.165) is 18.2 Å². The zero-order valence-corrected chi connectivity index (χ0v) is 13.7. The Balaban J connectivity index is 3.76. The molecule has 1 N–H and O–H groups in total. The molecule has 0 fully saturated rings. The summed E-state index contributed by atoms with van der Waals surface area (Å²) >= 11 is 1.70. The highest BCUT2D eigenvalue weighted by atomic mass is 32.2. The van der Waals surface area contributed by atoms with Gasteiger partial charge >= 0.3 is 14.5 Å². The quantitative estimate of drug-likeness (QED) is 0.469. The lowest BCUT2D eigenvalue weighted by atomic mass is 10.2. The van der Waals surface area contributed by atoms with Gasteiger partial charge in [-0.1, -0.05) is 6.92 Å². The van der Waals surface area contributed by atoms with E-state index in [1.54, 1.807) is 18.7 Å². The highest BCUT2D eigenvalue weighted by molar-refractivity contribution is 7.99. The second-order valence-electron chi connectivity index (χ2n) is 4.42. The molecular weight excluding hydrogens is 268 g/mol. The van der Waals surface area contributed by atoms with Crippen molar-refractivity contribution in [3.8, 4) is 0 Å². The van der Waals surface area contributed by atoms with Crippen molar-refractivity contribution in [1.29, 1.82) is 0 Å². The molecule has 1 unspecified atom stereocenters. The van der Waals surface area contributed by atoms with Crippen molar-refractivity contribution < 1.29 is 18.8 Å². The van der Waals surface area contributed by atoms with Gasteiger partial charge in [-0.15, -0.1) is 0 Å². The lowest BCUT2D eigenvalue weighted by molar-refractivity contribution is -0.140. The van der Waals surface area contributed by atoms with E-state index in [0.29, 0.717) is 19.0 Å². The molecule has 6 heteroatoms.